The van der Waals surface area contributed by atoms with Gasteiger partial charge in [-0.2, -0.15) is 0 Å². The van der Waals surface area contributed by atoms with Crippen molar-refractivity contribution in [2.24, 2.45) is 0 Å². The SMILES string of the molecule is CN1C(=O)[C@@H](NC(=O)C(=O)NCCCO)c2ccccc21. The van der Waals surface area contributed by atoms with Crippen LogP contribution in [0.2, 0.25) is 0 Å². The number of rotatable bonds is 4. The third kappa shape index (κ3) is 3.03. The summed E-state index contributed by atoms with van der Waals surface area (Å²) in [6.45, 7) is 0.138. The highest BCUT2D eigenvalue weighted by atomic mass is 16.3. The Balaban J connectivity index is 2.04. The molecule has 7 heteroatoms. The van der Waals surface area contributed by atoms with Gasteiger partial charge in [-0.15, -0.1) is 0 Å². The predicted octanol–water partition coefficient (Wildman–Crippen LogP) is -0.681. The number of amides is 3. The van der Waals surface area contributed by atoms with E-state index in [2.05, 4.69) is 10.6 Å². The molecule has 0 unspecified atom stereocenters. The largest absolute Gasteiger partial charge is 0.396 e. The third-order valence-electron chi connectivity index (χ3n) is 3.29. The topological polar surface area (TPSA) is 98.7 Å². The molecule has 0 saturated heterocycles. The molecule has 0 saturated carbocycles. The molecule has 21 heavy (non-hydrogen) atoms. The molecule has 0 bridgehead atoms. The van der Waals surface area contributed by atoms with Gasteiger partial charge in [0.25, 0.3) is 5.91 Å². The van der Waals surface area contributed by atoms with E-state index >= 15 is 0 Å². The van der Waals surface area contributed by atoms with E-state index in [1.165, 1.54) is 4.90 Å². The standard InChI is InChI=1S/C14H17N3O4/c1-17-10-6-3-2-5-9(10)11(14(17)21)16-13(20)12(19)15-7-4-8-18/h2-3,5-6,11,18H,4,7-8H2,1H3,(H,15,19)(H,16,20)/t11-/m0/s1. The van der Waals surface area contributed by atoms with E-state index in [0.29, 0.717) is 17.7 Å². The highest BCUT2D eigenvalue weighted by Crippen LogP contribution is 2.34. The zero-order valence-electron chi connectivity index (χ0n) is 11.6. The number of anilines is 1. The van der Waals surface area contributed by atoms with Gasteiger partial charge in [-0.1, -0.05) is 18.2 Å². The van der Waals surface area contributed by atoms with E-state index in [4.69, 9.17) is 5.11 Å². The zero-order valence-corrected chi connectivity index (χ0v) is 11.6. The van der Waals surface area contributed by atoms with Crippen molar-refractivity contribution >= 4 is 23.4 Å². The first-order chi connectivity index (χ1) is 10.1. The summed E-state index contributed by atoms with van der Waals surface area (Å²) in [4.78, 5) is 37.0. The van der Waals surface area contributed by atoms with E-state index in [0.717, 1.165) is 0 Å². The van der Waals surface area contributed by atoms with Gasteiger partial charge in [-0.3, -0.25) is 14.4 Å². The number of nitrogens with one attached hydrogen (secondary N) is 2. The van der Waals surface area contributed by atoms with Gasteiger partial charge in [0.2, 0.25) is 0 Å². The number of para-hydroxylation sites is 1. The minimum Gasteiger partial charge on any atom is -0.396 e. The summed E-state index contributed by atoms with van der Waals surface area (Å²) in [7, 11) is 1.62. The maximum absolute atomic E-state index is 12.1. The van der Waals surface area contributed by atoms with Crippen molar-refractivity contribution in [2.75, 3.05) is 25.1 Å². The Bertz CT molecular complexity index is 573. The number of carbonyl (C=O) groups is 3. The monoisotopic (exact) mass is 291 g/mol. The maximum Gasteiger partial charge on any atom is 0.310 e. The number of aliphatic hydroxyl groups excluding tert-OH is 1. The molecular weight excluding hydrogens is 274 g/mol. The van der Waals surface area contributed by atoms with Crippen LogP contribution in [0.4, 0.5) is 5.69 Å². The normalized spacial score (nSPS) is 16.6. The van der Waals surface area contributed by atoms with Gasteiger partial charge in [0, 0.05) is 31.5 Å². The van der Waals surface area contributed by atoms with Crippen molar-refractivity contribution in [3.05, 3.63) is 29.8 Å². The fourth-order valence-corrected chi connectivity index (χ4v) is 2.18. The Morgan fingerprint density at radius 3 is 2.71 bits per heavy atom. The highest BCUT2D eigenvalue weighted by molar-refractivity contribution is 6.35. The third-order valence-corrected chi connectivity index (χ3v) is 3.29. The van der Waals surface area contributed by atoms with Gasteiger partial charge in [0.05, 0.1) is 0 Å². The summed E-state index contributed by atoms with van der Waals surface area (Å²) in [6.07, 6.45) is 0.368. The van der Waals surface area contributed by atoms with Crippen LogP contribution in [-0.4, -0.2) is 43.0 Å². The molecule has 0 aliphatic carbocycles. The second-order valence-electron chi connectivity index (χ2n) is 4.70. The minimum atomic E-state index is -0.864. The number of aliphatic hydroxyl groups is 1. The molecule has 1 atom stereocenters. The molecule has 0 radical (unpaired) electrons. The summed E-state index contributed by atoms with van der Waals surface area (Å²) in [5.41, 5.74) is 1.38. The molecule has 1 aromatic carbocycles. The first-order valence-electron chi connectivity index (χ1n) is 6.62. The van der Waals surface area contributed by atoms with Crippen LogP contribution in [0, 0.1) is 0 Å². The second-order valence-corrected chi connectivity index (χ2v) is 4.70. The molecule has 1 aliphatic heterocycles. The van der Waals surface area contributed by atoms with Crippen LogP contribution in [0.3, 0.4) is 0 Å². The van der Waals surface area contributed by atoms with Crippen molar-refractivity contribution in [3.8, 4) is 0 Å². The lowest BCUT2D eigenvalue weighted by Gasteiger charge is -2.12. The average molecular weight is 291 g/mol. The first-order valence-corrected chi connectivity index (χ1v) is 6.62. The summed E-state index contributed by atoms with van der Waals surface area (Å²) >= 11 is 0. The Morgan fingerprint density at radius 2 is 2.00 bits per heavy atom. The van der Waals surface area contributed by atoms with E-state index < -0.39 is 17.9 Å². The molecule has 7 nitrogen and oxygen atoms in total. The van der Waals surface area contributed by atoms with E-state index in [-0.39, 0.29) is 19.1 Å². The Kier molecular flexibility index (Phi) is 4.54. The second kappa shape index (κ2) is 6.36. The fourth-order valence-electron chi connectivity index (χ4n) is 2.18. The van der Waals surface area contributed by atoms with Crippen molar-refractivity contribution in [2.45, 2.75) is 12.5 Å². The van der Waals surface area contributed by atoms with Gasteiger partial charge in [0.1, 0.15) is 6.04 Å². The smallest absolute Gasteiger partial charge is 0.310 e. The molecule has 112 valence electrons. The van der Waals surface area contributed by atoms with Crippen molar-refractivity contribution in [1.82, 2.24) is 10.6 Å². The summed E-state index contributed by atoms with van der Waals surface area (Å²) in [6, 6.07) is 6.24. The summed E-state index contributed by atoms with van der Waals surface area (Å²) < 4.78 is 0. The number of fused-ring (bicyclic) bond motifs is 1. The van der Waals surface area contributed by atoms with Crippen molar-refractivity contribution in [1.29, 1.82) is 0 Å². The Labute approximate surface area is 121 Å². The average Bonchev–Trinajstić information content (AvgIpc) is 2.73. The molecule has 2 rings (SSSR count). The number of hydrogen-bond donors (Lipinski definition) is 3. The van der Waals surface area contributed by atoms with E-state index in [1.54, 1.807) is 31.3 Å². The minimum absolute atomic E-state index is 0.0683. The molecule has 3 N–H and O–H groups in total. The van der Waals surface area contributed by atoms with Crippen LogP contribution in [0.15, 0.2) is 24.3 Å². The quantitative estimate of drug-likeness (QED) is 0.505. The Hall–Kier alpha value is -2.41. The molecule has 1 aromatic rings. The van der Waals surface area contributed by atoms with Crippen LogP contribution in [0.25, 0.3) is 0 Å². The van der Waals surface area contributed by atoms with Crippen molar-refractivity contribution in [3.63, 3.8) is 0 Å². The number of benzene rings is 1. The van der Waals surface area contributed by atoms with Crippen LogP contribution in [-0.2, 0) is 14.4 Å². The van der Waals surface area contributed by atoms with Crippen molar-refractivity contribution < 1.29 is 19.5 Å². The molecule has 0 fully saturated rings. The fraction of sp³-hybridized carbons (Fsp3) is 0.357. The Morgan fingerprint density at radius 1 is 1.29 bits per heavy atom. The van der Waals surface area contributed by atoms with E-state index in [1.807, 2.05) is 0 Å². The van der Waals surface area contributed by atoms with Crippen LogP contribution < -0.4 is 15.5 Å². The first kappa shape index (κ1) is 15.0. The lowest BCUT2D eigenvalue weighted by atomic mass is 10.1. The molecule has 0 spiro atoms. The predicted molar refractivity (Wildman–Crippen MR) is 75.4 cm³/mol. The summed E-state index contributed by atoms with van der Waals surface area (Å²) in [5, 5.41) is 13.4. The molecule has 3 amide bonds. The zero-order chi connectivity index (χ0) is 15.4. The molecule has 0 aromatic heterocycles. The van der Waals surface area contributed by atoms with Crippen LogP contribution >= 0.6 is 0 Å². The highest BCUT2D eigenvalue weighted by Gasteiger charge is 2.36. The lowest BCUT2D eigenvalue weighted by molar-refractivity contribution is -0.140. The van der Waals surface area contributed by atoms with Gasteiger partial charge in [0.15, 0.2) is 0 Å². The van der Waals surface area contributed by atoms with Crippen LogP contribution in [0.5, 0.6) is 0 Å². The van der Waals surface area contributed by atoms with Gasteiger partial charge in [-0.25, -0.2) is 0 Å². The van der Waals surface area contributed by atoms with Crippen LogP contribution in [0.1, 0.15) is 18.0 Å². The van der Waals surface area contributed by atoms with Gasteiger partial charge in [-0.05, 0) is 12.5 Å². The molecular formula is C14H17N3O4. The number of likely N-dealkylation sites (N-methyl/N-ethyl adjacent to an activating group) is 1. The van der Waals surface area contributed by atoms with Gasteiger partial charge < -0.3 is 20.6 Å². The van der Waals surface area contributed by atoms with Gasteiger partial charge >= 0.3 is 11.8 Å². The lowest BCUT2D eigenvalue weighted by Crippen LogP contribution is -2.44. The maximum atomic E-state index is 12.1. The van der Waals surface area contributed by atoms with E-state index in [9.17, 15) is 14.4 Å². The number of carbonyl (C=O) groups excluding carboxylic acids is 3. The molecule has 1 aliphatic rings. The number of hydrogen-bond acceptors (Lipinski definition) is 4. The number of nitrogens with zero attached hydrogens (tertiary/aromatic N) is 1. The summed E-state index contributed by atoms with van der Waals surface area (Å²) in [5.74, 6) is -1.97. The molecule has 1 heterocycles.